The van der Waals surface area contributed by atoms with E-state index in [4.69, 9.17) is 4.42 Å². The van der Waals surface area contributed by atoms with Crippen molar-refractivity contribution in [3.05, 3.63) is 36.3 Å². The molecule has 2 heterocycles. The van der Waals surface area contributed by atoms with Crippen LogP contribution in [0.2, 0.25) is 0 Å². The summed E-state index contributed by atoms with van der Waals surface area (Å²) < 4.78 is 28.8. The van der Waals surface area contributed by atoms with Crippen LogP contribution < -0.4 is 5.32 Å². The SMILES string of the molecule is C=CCC1(NC(=O)c2ccc(C(C)C)o2)CCS(=O)(=O)CC1. The van der Waals surface area contributed by atoms with Crippen LogP contribution in [0.3, 0.4) is 0 Å². The fraction of sp³-hybridized carbons (Fsp3) is 0.562. The number of amides is 1. The molecular weight excluding hydrogens is 302 g/mol. The summed E-state index contributed by atoms with van der Waals surface area (Å²) in [6.45, 7) is 7.70. The molecule has 0 unspecified atom stereocenters. The van der Waals surface area contributed by atoms with Crippen molar-refractivity contribution in [2.75, 3.05) is 11.5 Å². The highest BCUT2D eigenvalue weighted by Crippen LogP contribution is 2.28. The Morgan fingerprint density at radius 3 is 2.55 bits per heavy atom. The predicted octanol–water partition coefficient (Wildman–Crippen LogP) is 2.66. The number of furan rings is 1. The summed E-state index contributed by atoms with van der Waals surface area (Å²) in [5.74, 6) is 1.12. The minimum atomic E-state index is -2.99. The molecule has 2 rings (SSSR count). The molecule has 1 aromatic rings. The van der Waals surface area contributed by atoms with Crippen LogP contribution in [-0.2, 0) is 9.84 Å². The second-order valence-electron chi connectivity index (χ2n) is 6.24. The van der Waals surface area contributed by atoms with Crippen LogP contribution in [0.1, 0.15) is 55.3 Å². The normalized spacial score (nSPS) is 19.8. The Labute approximate surface area is 131 Å². The standard InChI is InChI=1S/C16H23NO4S/c1-4-7-16(8-10-22(19,20)11-9-16)17-15(18)14-6-5-13(21-14)12(2)3/h4-6,12H,1,7-11H2,2-3H3,(H,17,18). The van der Waals surface area contributed by atoms with Crippen molar-refractivity contribution in [2.45, 2.75) is 44.6 Å². The van der Waals surface area contributed by atoms with Gasteiger partial charge >= 0.3 is 0 Å². The van der Waals surface area contributed by atoms with Gasteiger partial charge in [-0.1, -0.05) is 19.9 Å². The van der Waals surface area contributed by atoms with E-state index in [2.05, 4.69) is 11.9 Å². The van der Waals surface area contributed by atoms with E-state index in [0.717, 1.165) is 5.76 Å². The molecule has 0 aliphatic carbocycles. The van der Waals surface area contributed by atoms with Crippen LogP contribution in [0.15, 0.2) is 29.2 Å². The van der Waals surface area contributed by atoms with Gasteiger partial charge in [-0.15, -0.1) is 6.58 Å². The fourth-order valence-corrected chi connectivity index (χ4v) is 4.28. The van der Waals surface area contributed by atoms with Crippen molar-refractivity contribution >= 4 is 15.7 Å². The first-order chi connectivity index (χ1) is 10.3. The summed E-state index contributed by atoms with van der Waals surface area (Å²) in [6, 6.07) is 3.46. The second kappa shape index (κ2) is 6.28. The number of nitrogens with one attached hydrogen (secondary N) is 1. The average Bonchev–Trinajstić information content (AvgIpc) is 2.93. The van der Waals surface area contributed by atoms with Gasteiger partial charge in [0.2, 0.25) is 0 Å². The van der Waals surface area contributed by atoms with Gasteiger partial charge in [0.05, 0.1) is 11.5 Å². The van der Waals surface area contributed by atoms with E-state index >= 15 is 0 Å². The van der Waals surface area contributed by atoms with E-state index in [1.807, 2.05) is 13.8 Å². The number of carbonyl (C=O) groups is 1. The topological polar surface area (TPSA) is 76.4 Å². The number of rotatable bonds is 5. The molecule has 1 saturated heterocycles. The van der Waals surface area contributed by atoms with Crippen LogP contribution in [0.5, 0.6) is 0 Å². The summed E-state index contributed by atoms with van der Waals surface area (Å²) in [6.07, 6.45) is 3.08. The molecule has 1 aromatic heterocycles. The molecule has 0 saturated carbocycles. The van der Waals surface area contributed by atoms with Crippen molar-refractivity contribution in [2.24, 2.45) is 0 Å². The number of sulfone groups is 1. The Hall–Kier alpha value is -1.56. The van der Waals surface area contributed by atoms with Crippen molar-refractivity contribution < 1.29 is 17.6 Å². The second-order valence-corrected chi connectivity index (χ2v) is 8.54. The van der Waals surface area contributed by atoms with Crippen LogP contribution in [-0.4, -0.2) is 31.4 Å². The largest absolute Gasteiger partial charge is 0.456 e. The van der Waals surface area contributed by atoms with Gasteiger partial charge in [0.15, 0.2) is 5.76 Å². The highest BCUT2D eigenvalue weighted by Gasteiger charge is 2.38. The summed E-state index contributed by atoms with van der Waals surface area (Å²) in [5, 5.41) is 2.97. The minimum Gasteiger partial charge on any atom is -0.456 e. The van der Waals surface area contributed by atoms with Crippen LogP contribution in [0, 0.1) is 0 Å². The maximum absolute atomic E-state index is 12.4. The summed E-state index contributed by atoms with van der Waals surface area (Å²) in [4.78, 5) is 12.4. The lowest BCUT2D eigenvalue weighted by Crippen LogP contribution is -2.52. The molecule has 22 heavy (non-hydrogen) atoms. The highest BCUT2D eigenvalue weighted by atomic mass is 32.2. The molecule has 0 atom stereocenters. The van der Waals surface area contributed by atoms with Crippen molar-refractivity contribution in [3.63, 3.8) is 0 Å². The third kappa shape index (κ3) is 3.80. The summed E-state index contributed by atoms with van der Waals surface area (Å²) in [7, 11) is -2.99. The lowest BCUT2D eigenvalue weighted by Gasteiger charge is -2.37. The zero-order valence-electron chi connectivity index (χ0n) is 13.1. The molecule has 0 spiro atoms. The monoisotopic (exact) mass is 325 g/mol. The smallest absolute Gasteiger partial charge is 0.287 e. The Bertz CT molecular complexity index is 643. The molecule has 6 heteroatoms. The lowest BCUT2D eigenvalue weighted by molar-refractivity contribution is 0.0860. The van der Waals surface area contributed by atoms with Gasteiger partial charge in [-0.3, -0.25) is 4.79 Å². The number of carbonyl (C=O) groups excluding carboxylic acids is 1. The quantitative estimate of drug-likeness (QED) is 0.844. The van der Waals surface area contributed by atoms with Gasteiger partial charge < -0.3 is 9.73 Å². The molecule has 1 N–H and O–H groups in total. The summed E-state index contributed by atoms with van der Waals surface area (Å²) >= 11 is 0. The van der Waals surface area contributed by atoms with Crippen LogP contribution in [0.4, 0.5) is 0 Å². The average molecular weight is 325 g/mol. The molecule has 5 nitrogen and oxygen atoms in total. The van der Waals surface area contributed by atoms with Gasteiger partial charge in [0, 0.05) is 11.5 Å². The Balaban J connectivity index is 2.13. The van der Waals surface area contributed by atoms with E-state index in [1.165, 1.54) is 0 Å². The molecule has 122 valence electrons. The molecule has 0 aromatic carbocycles. The Morgan fingerprint density at radius 2 is 2.05 bits per heavy atom. The third-order valence-electron chi connectivity index (χ3n) is 4.12. The molecule has 1 aliphatic heterocycles. The van der Waals surface area contributed by atoms with Crippen molar-refractivity contribution in [3.8, 4) is 0 Å². The Kier molecular flexibility index (Phi) is 4.80. The molecule has 1 aliphatic rings. The van der Waals surface area contributed by atoms with Crippen molar-refractivity contribution in [1.29, 1.82) is 0 Å². The van der Waals surface area contributed by atoms with E-state index in [-0.39, 0.29) is 29.1 Å². The number of hydrogen-bond acceptors (Lipinski definition) is 4. The lowest BCUT2D eigenvalue weighted by atomic mass is 9.88. The zero-order valence-corrected chi connectivity index (χ0v) is 13.9. The molecule has 0 radical (unpaired) electrons. The van der Waals surface area contributed by atoms with Gasteiger partial charge in [0.25, 0.3) is 5.91 Å². The van der Waals surface area contributed by atoms with E-state index < -0.39 is 15.4 Å². The van der Waals surface area contributed by atoms with Gasteiger partial charge in [-0.2, -0.15) is 0 Å². The van der Waals surface area contributed by atoms with Crippen molar-refractivity contribution in [1.82, 2.24) is 5.32 Å². The van der Waals surface area contributed by atoms with E-state index in [9.17, 15) is 13.2 Å². The maximum atomic E-state index is 12.4. The number of hydrogen-bond donors (Lipinski definition) is 1. The van der Waals surface area contributed by atoms with Crippen LogP contribution >= 0.6 is 0 Å². The first-order valence-electron chi connectivity index (χ1n) is 7.50. The minimum absolute atomic E-state index is 0.0938. The highest BCUT2D eigenvalue weighted by molar-refractivity contribution is 7.91. The third-order valence-corrected chi connectivity index (χ3v) is 5.77. The fourth-order valence-electron chi connectivity index (χ4n) is 2.67. The first kappa shape index (κ1) is 16.8. The molecular formula is C16H23NO4S. The zero-order chi connectivity index (χ0) is 16.4. The molecule has 1 amide bonds. The summed E-state index contributed by atoms with van der Waals surface area (Å²) in [5.41, 5.74) is -0.547. The van der Waals surface area contributed by atoms with E-state index in [1.54, 1.807) is 18.2 Å². The maximum Gasteiger partial charge on any atom is 0.287 e. The van der Waals surface area contributed by atoms with Gasteiger partial charge in [-0.25, -0.2) is 8.42 Å². The first-order valence-corrected chi connectivity index (χ1v) is 9.33. The van der Waals surface area contributed by atoms with Gasteiger partial charge in [-0.05, 0) is 31.4 Å². The molecule has 0 bridgehead atoms. The van der Waals surface area contributed by atoms with Crippen LogP contribution in [0.25, 0.3) is 0 Å². The predicted molar refractivity (Wildman–Crippen MR) is 85.7 cm³/mol. The van der Waals surface area contributed by atoms with E-state index in [0.29, 0.717) is 19.3 Å². The molecule has 1 fully saturated rings. The van der Waals surface area contributed by atoms with Gasteiger partial charge in [0.1, 0.15) is 15.6 Å². The Morgan fingerprint density at radius 1 is 1.41 bits per heavy atom.